The molecule has 0 amide bonds. The van der Waals surface area contributed by atoms with Crippen LogP contribution in [0.15, 0.2) is 30.6 Å². The summed E-state index contributed by atoms with van der Waals surface area (Å²) in [5.74, 6) is 0. The minimum absolute atomic E-state index is 0.621. The summed E-state index contributed by atoms with van der Waals surface area (Å²) in [6, 6.07) is 7.87. The SMILES string of the molecule is COCc1ccc(-n2cnnn2)cc1. The minimum Gasteiger partial charge on any atom is -0.380 e. The summed E-state index contributed by atoms with van der Waals surface area (Å²) in [6.07, 6.45) is 1.56. The van der Waals surface area contributed by atoms with Gasteiger partial charge in [0, 0.05) is 7.11 Å². The van der Waals surface area contributed by atoms with E-state index in [-0.39, 0.29) is 0 Å². The van der Waals surface area contributed by atoms with Crippen molar-refractivity contribution in [2.45, 2.75) is 6.61 Å². The average Bonchev–Trinajstić information content (AvgIpc) is 2.72. The second-order valence-electron chi connectivity index (χ2n) is 2.85. The van der Waals surface area contributed by atoms with E-state index in [1.807, 2.05) is 24.3 Å². The molecule has 5 heteroatoms. The van der Waals surface area contributed by atoms with Crippen molar-refractivity contribution in [3.8, 4) is 5.69 Å². The van der Waals surface area contributed by atoms with Crippen LogP contribution in [0.3, 0.4) is 0 Å². The van der Waals surface area contributed by atoms with Crippen molar-refractivity contribution in [2.24, 2.45) is 0 Å². The van der Waals surface area contributed by atoms with Gasteiger partial charge in [0.15, 0.2) is 0 Å². The third-order valence-corrected chi connectivity index (χ3v) is 1.86. The van der Waals surface area contributed by atoms with Crippen molar-refractivity contribution < 1.29 is 4.74 Å². The average molecular weight is 190 g/mol. The Morgan fingerprint density at radius 3 is 2.64 bits per heavy atom. The second-order valence-corrected chi connectivity index (χ2v) is 2.85. The molecule has 0 bridgehead atoms. The van der Waals surface area contributed by atoms with Gasteiger partial charge in [-0.3, -0.25) is 0 Å². The quantitative estimate of drug-likeness (QED) is 0.718. The number of aromatic nitrogens is 4. The first-order valence-corrected chi connectivity index (χ1v) is 4.21. The molecule has 0 saturated heterocycles. The molecule has 0 unspecified atom stereocenters. The number of ether oxygens (including phenoxy) is 1. The monoisotopic (exact) mass is 190 g/mol. The van der Waals surface area contributed by atoms with Crippen molar-refractivity contribution in [1.29, 1.82) is 0 Å². The fourth-order valence-electron chi connectivity index (χ4n) is 1.19. The molecule has 2 aromatic rings. The highest BCUT2D eigenvalue weighted by Gasteiger charge is 1.97. The molecule has 0 N–H and O–H groups in total. The standard InChI is InChI=1S/C9H10N4O/c1-14-6-8-2-4-9(5-3-8)13-7-10-11-12-13/h2-5,7H,6H2,1H3. The van der Waals surface area contributed by atoms with Gasteiger partial charge in [-0.25, -0.2) is 4.68 Å². The molecular formula is C9H10N4O. The lowest BCUT2D eigenvalue weighted by atomic mass is 10.2. The maximum Gasteiger partial charge on any atom is 0.143 e. The normalized spacial score (nSPS) is 10.4. The van der Waals surface area contributed by atoms with Gasteiger partial charge in [-0.15, -0.1) is 5.10 Å². The van der Waals surface area contributed by atoms with Crippen molar-refractivity contribution in [2.75, 3.05) is 7.11 Å². The summed E-state index contributed by atoms with van der Waals surface area (Å²) in [5.41, 5.74) is 2.07. The highest BCUT2D eigenvalue weighted by Crippen LogP contribution is 2.07. The zero-order chi connectivity index (χ0) is 9.80. The summed E-state index contributed by atoms with van der Waals surface area (Å²) in [6.45, 7) is 0.621. The van der Waals surface area contributed by atoms with Crippen molar-refractivity contribution in [3.63, 3.8) is 0 Å². The van der Waals surface area contributed by atoms with E-state index < -0.39 is 0 Å². The summed E-state index contributed by atoms with van der Waals surface area (Å²) in [5, 5.41) is 10.9. The molecule has 1 aromatic carbocycles. The van der Waals surface area contributed by atoms with Gasteiger partial charge in [-0.1, -0.05) is 12.1 Å². The van der Waals surface area contributed by atoms with E-state index in [1.54, 1.807) is 18.1 Å². The van der Waals surface area contributed by atoms with E-state index in [9.17, 15) is 0 Å². The third-order valence-electron chi connectivity index (χ3n) is 1.86. The smallest absolute Gasteiger partial charge is 0.143 e. The van der Waals surface area contributed by atoms with E-state index in [0.29, 0.717) is 6.61 Å². The van der Waals surface area contributed by atoms with Crippen LogP contribution >= 0.6 is 0 Å². The lowest BCUT2D eigenvalue weighted by Gasteiger charge is -2.01. The Hall–Kier alpha value is -1.75. The third kappa shape index (κ3) is 1.77. The summed E-state index contributed by atoms with van der Waals surface area (Å²) < 4.78 is 6.62. The number of rotatable bonds is 3. The topological polar surface area (TPSA) is 52.8 Å². The van der Waals surface area contributed by atoms with Crippen molar-refractivity contribution >= 4 is 0 Å². The van der Waals surface area contributed by atoms with Crippen LogP contribution in [-0.4, -0.2) is 27.3 Å². The fraction of sp³-hybridized carbons (Fsp3) is 0.222. The molecule has 1 heterocycles. The lowest BCUT2D eigenvalue weighted by Crippen LogP contribution is -1.95. The van der Waals surface area contributed by atoms with E-state index >= 15 is 0 Å². The molecule has 14 heavy (non-hydrogen) atoms. The fourth-order valence-corrected chi connectivity index (χ4v) is 1.19. The Bertz CT molecular complexity index is 382. The molecule has 5 nitrogen and oxygen atoms in total. The van der Waals surface area contributed by atoms with Gasteiger partial charge in [0.2, 0.25) is 0 Å². The largest absolute Gasteiger partial charge is 0.380 e. The van der Waals surface area contributed by atoms with Crippen LogP contribution in [0, 0.1) is 0 Å². The van der Waals surface area contributed by atoms with E-state index in [0.717, 1.165) is 11.3 Å². The van der Waals surface area contributed by atoms with Gasteiger partial charge >= 0.3 is 0 Å². The highest BCUT2D eigenvalue weighted by atomic mass is 16.5. The molecule has 2 rings (SSSR count). The molecule has 0 fully saturated rings. The Morgan fingerprint density at radius 1 is 1.29 bits per heavy atom. The van der Waals surface area contributed by atoms with Crippen LogP contribution in [0.1, 0.15) is 5.56 Å². The lowest BCUT2D eigenvalue weighted by molar-refractivity contribution is 0.185. The first kappa shape index (κ1) is 8.83. The van der Waals surface area contributed by atoms with E-state index in [4.69, 9.17) is 4.74 Å². The number of benzene rings is 1. The number of hydrogen-bond acceptors (Lipinski definition) is 4. The van der Waals surface area contributed by atoms with Crippen LogP contribution in [-0.2, 0) is 11.3 Å². The zero-order valence-corrected chi connectivity index (χ0v) is 7.79. The Morgan fingerprint density at radius 2 is 2.07 bits per heavy atom. The number of tetrazole rings is 1. The molecule has 0 radical (unpaired) electrons. The summed E-state index contributed by atoms with van der Waals surface area (Å²) in [7, 11) is 1.68. The Kier molecular flexibility index (Phi) is 2.51. The molecule has 0 aliphatic rings. The van der Waals surface area contributed by atoms with Gasteiger partial charge in [-0.2, -0.15) is 0 Å². The Labute approximate surface area is 81.3 Å². The van der Waals surface area contributed by atoms with Crippen molar-refractivity contribution in [1.82, 2.24) is 20.2 Å². The van der Waals surface area contributed by atoms with Crippen molar-refractivity contribution in [3.05, 3.63) is 36.2 Å². The Balaban J connectivity index is 2.22. The van der Waals surface area contributed by atoms with Crippen LogP contribution in [0.2, 0.25) is 0 Å². The second kappa shape index (κ2) is 3.97. The summed E-state index contributed by atoms with van der Waals surface area (Å²) >= 11 is 0. The molecule has 0 atom stereocenters. The van der Waals surface area contributed by atoms with Gasteiger partial charge in [-0.05, 0) is 28.1 Å². The van der Waals surface area contributed by atoms with Gasteiger partial charge in [0.1, 0.15) is 6.33 Å². The van der Waals surface area contributed by atoms with Crippen LogP contribution in [0.4, 0.5) is 0 Å². The molecule has 0 aliphatic heterocycles. The maximum atomic E-state index is 5.01. The minimum atomic E-state index is 0.621. The molecule has 0 saturated carbocycles. The zero-order valence-electron chi connectivity index (χ0n) is 7.79. The van der Waals surface area contributed by atoms with Gasteiger partial charge in [0.05, 0.1) is 12.3 Å². The summed E-state index contributed by atoms with van der Waals surface area (Å²) in [4.78, 5) is 0. The van der Waals surface area contributed by atoms with E-state index in [1.165, 1.54) is 0 Å². The molecule has 72 valence electrons. The van der Waals surface area contributed by atoms with Crippen LogP contribution in [0.25, 0.3) is 5.69 Å². The molecular weight excluding hydrogens is 180 g/mol. The molecule has 0 aliphatic carbocycles. The molecule has 0 spiro atoms. The highest BCUT2D eigenvalue weighted by molar-refractivity contribution is 5.32. The first-order valence-electron chi connectivity index (χ1n) is 4.21. The molecule has 1 aromatic heterocycles. The predicted octanol–water partition coefficient (Wildman–Crippen LogP) is 0.809. The first-order chi connectivity index (χ1) is 6.90. The van der Waals surface area contributed by atoms with E-state index in [2.05, 4.69) is 15.5 Å². The van der Waals surface area contributed by atoms with Crippen LogP contribution < -0.4 is 0 Å². The predicted molar refractivity (Wildman–Crippen MR) is 49.9 cm³/mol. The number of methoxy groups -OCH3 is 1. The van der Waals surface area contributed by atoms with Gasteiger partial charge in [0.25, 0.3) is 0 Å². The van der Waals surface area contributed by atoms with Crippen LogP contribution in [0.5, 0.6) is 0 Å². The number of nitrogens with zero attached hydrogens (tertiary/aromatic N) is 4. The maximum absolute atomic E-state index is 5.01. The van der Waals surface area contributed by atoms with Gasteiger partial charge < -0.3 is 4.74 Å². The number of hydrogen-bond donors (Lipinski definition) is 0.